The Morgan fingerprint density at radius 3 is 2.41 bits per heavy atom. The lowest BCUT2D eigenvalue weighted by atomic mass is 10.1. The summed E-state index contributed by atoms with van der Waals surface area (Å²) in [5.74, 6) is 0.805. The van der Waals surface area contributed by atoms with Crippen LogP contribution in [-0.2, 0) is 13.0 Å². The molecule has 1 amide bonds. The maximum absolute atomic E-state index is 11.9. The number of carbonyl (C=O) groups is 1. The summed E-state index contributed by atoms with van der Waals surface area (Å²) in [6.07, 6.45) is 1.85. The van der Waals surface area contributed by atoms with Gasteiger partial charge in [-0.1, -0.05) is 37.3 Å². The number of guanidine groups is 1. The highest BCUT2D eigenvalue weighted by atomic mass is 127. The normalized spacial score (nSPS) is 10.8. The Morgan fingerprint density at radius 2 is 1.74 bits per heavy atom. The topological polar surface area (TPSA) is 65.5 Å². The zero-order valence-electron chi connectivity index (χ0n) is 16.0. The number of rotatable bonds is 9. The smallest absolute Gasteiger partial charge is 0.261 e. The van der Waals surface area contributed by atoms with Crippen molar-refractivity contribution in [1.82, 2.24) is 16.0 Å². The average Bonchev–Trinajstić information content (AvgIpc) is 3.20. The van der Waals surface area contributed by atoms with Gasteiger partial charge in [-0.25, -0.2) is 4.99 Å². The molecular weight excluding hydrogens is 471 g/mol. The minimum absolute atomic E-state index is 0. The number of halogens is 1. The number of nitrogens with one attached hydrogen (secondary N) is 3. The quantitative estimate of drug-likeness (QED) is 0.213. The molecule has 0 aliphatic carbocycles. The standard InChI is InChI=1S/C20H28N4OS.HI/c1-3-16-9-5-6-10-17(16)15-24-20(21-4-2)23-13-8-12-22-19(25)18-11-7-14-26-18;/h5-7,9-11,14H,3-4,8,12-13,15H2,1-2H3,(H,22,25)(H2,21,23,24);1H. The van der Waals surface area contributed by atoms with Crippen molar-refractivity contribution in [2.45, 2.75) is 33.2 Å². The molecule has 0 spiro atoms. The van der Waals surface area contributed by atoms with Gasteiger partial charge in [-0.2, -0.15) is 0 Å². The molecule has 0 saturated heterocycles. The number of aliphatic imine (C=N–C) groups is 1. The van der Waals surface area contributed by atoms with E-state index in [1.807, 2.05) is 17.5 Å². The van der Waals surface area contributed by atoms with Gasteiger partial charge in [0.2, 0.25) is 0 Å². The SMILES string of the molecule is CCNC(=NCc1ccccc1CC)NCCCNC(=O)c1cccs1.I. The van der Waals surface area contributed by atoms with Gasteiger partial charge in [0.15, 0.2) is 5.96 Å². The zero-order chi connectivity index (χ0) is 18.6. The van der Waals surface area contributed by atoms with Gasteiger partial charge in [-0.3, -0.25) is 4.79 Å². The highest BCUT2D eigenvalue weighted by Crippen LogP contribution is 2.10. The van der Waals surface area contributed by atoms with Crippen LogP contribution in [0.4, 0.5) is 0 Å². The third-order valence-electron chi connectivity index (χ3n) is 3.93. The summed E-state index contributed by atoms with van der Waals surface area (Å²) in [7, 11) is 0. The molecule has 0 fully saturated rings. The van der Waals surface area contributed by atoms with Crippen LogP contribution in [0.3, 0.4) is 0 Å². The summed E-state index contributed by atoms with van der Waals surface area (Å²) in [6.45, 7) is 7.09. The maximum atomic E-state index is 11.9. The Kier molecular flexibility index (Phi) is 11.8. The van der Waals surface area contributed by atoms with Crippen molar-refractivity contribution in [3.8, 4) is 0 Å². The molecule has 148 valence electrons. The molecule has 0 radical (unpaired) electrons. The van der Waals surface area contributed by atoms with Gasteiger partial charge in [0.05, 0.1) is 11.4 Å². The first-order chi connectivity index (χ1) is 12.7. The molecule has 3 N–H and O–H groups in total. The van der Waals surface area contributed by atoms with Crippen molar-refractivity contribution in [1.29, 1.82) is 0 Å². The van der Waals surface area contributed by atoms with Crippen LogP contribution in [0.5, 0.6) is 0 Å². The van der Waals surface area contributed by atoms with E-state index in [2.05, 4.69) is 59.1 Å². The summed E-state index contributed by atoms with van der Waals surface area (Å²) in [4.78, 5) is 17.3. The third-order valence-corrected chi connectivity index (χ3v) is 4.80. The van der Waals surface area contributed by atoms with Crippen LogP contribution >= 0.6 is 35.3 Å². The lowest BCUT2D eigenvalue weighted by Crippen LogP contribution is -2.38. The van der Waals surface area contributed by atoms with Crippen molar-refractivity contribution in [2.24, 2.45) is 4.99 Å². The van der Waals surface area contributed by atoms with Crippen LogP contribution in [0, 0.1) is 0 Å². The van der Waals surface area contributed by atoms with E-state index in [4.69, 9.17) is 0 Å². The first-order valence-electron chi connectivity index (χ1n) is 9.15. The van der Waals surface area contributed by atoms with E-state index in [-0.39, 0.29) is 29.9 Å². The molecule has 0 saturated carbocycles. The van der Waals surface area contributed by atoms with Crippen molar-refractivity contribution in [3.05, 3.63) is 57.8 Å². The second-order valence-corrected chi connectivity index (χ2v) is 6.78. The average molecular weight is 500 g/mol. The van der Waals surface area contributed by atoms with E-state index in [1.165, 1.54) is 22.5 Å². The molecule has 0 unspecified atom stereocenters. The highest BCUT2D eigenvalue weighted by Gasteiger charge is 2.05. The molecule has 1 aromatic heterocycles. The van der Waals surface area contributed by atoms with E-state index in [9.17, 15) is 4.79 Å². The number of hydrogen-bond acceptors (Lipinski definition) is 3. The van der Waals surface area contributed by atoms with Gasteiger partial charge < -0.3 is 16.0 Å². The molecule has 2 aromatic rings. The Bertz CT molecular complexity index is 704. The fourth-order valence-electron chi connectivity index (χ4n) is 2.55. The molecule has 0 aliphatic heterocycles. The first kappa shape index (κ1) is 23.4. The largest absolute Gasteiger partial charge is 0.357 e. The minimum Gasteiger partial charge on any atom is -0.357 e. The molecule has 1 heterocycles. The molecule has 1 aromatic carbocycles. The molecule has 0 bridgehead atoms. The Labute approximate surface area is 183 Å². The van der Waals surface area contributed by atoms with Gasteiger partial charge in [0.25, 0.3) is 5.91 Å². The molecule has 0 atom stereocenters. The van der Waals surface area contributed by atoms with Gasteiger partial charge in [0.1, 0.15) is 0 Å². The zero-order valence-corrected chi connectivity index (χ0v) is 19.1. The summed E-state index contributed by atoms with van der Waals surface area (Å²) in [5.41, 5.74) is 2.60. The number of benzene rings is 1. The summed E-state index contributed by atoms with van der Waals surface area (Å²) in [5, 5.41) is 11.4. The van der Waals surface area contributed by atoms with Crippen LogP contribution in [0.15, 0.2) is 46.8 Å². The second kappa shape index (κ2) is 13.5. The maximum Gasteiger partial charge on any atom is 0.261 e. The Balaban J connectivity index is 0.00000364. The van der Waals surface area contributed by atoms with Crippen molar-refractivity contribution >= 4 is 47.2 Å². The van der Waals surface area contributed by atoms with Crippen molar-refractivity contribution < 1.29 is 4.79 Å². The van der Waals surface area contributed by atoms with E-state index < -0.39 is 0 Å². The van der Waals surface area contributed by atoms with Crippen LogP contribution in [-0.4, -0.2) is 31.5 Å². The summed E-state index contributed by atoms with van der Waals surface area (Å²) in [6, 6.07) is 12.1. The van der Waals surface area contributed by atoms with E-state index >= 15 is 0 Å². The van der Waals surface area contributed by atoms with Crippen LogP contribution in [0.1, 0.15) is 41.1 Å². The monoisotopic (exact) mass is 500 g/mol. The van der Waals surface area contributed by atoms with Gasteiger partial charge >= 0.3 is 0 Å². The molecule has 5 nitrogen and oxygen atoms in total. The van der Waals surface area contributed by atoms with Crippen molar-refractivity contribution in [2.75, 3.05) is 19.6 Å². The number of amides is 1. The molecule has 0 aliphatic rings. The Morgan fingerprint density at radius 1 is 1.00 bits per heavy atom. The first-order valence-corrected chi connectivity index (χ1v) is 10.0. The van der Waals surface area contributed by atoms with Gasteiger partial charge in [-0.15, -0.1) is 35.3 Å². The number of thiophene rings is 1. The van der Waals surface area contributed by atoms with Crippen LogP contribution < -0.4 is 16.0 Å². The summed E-state index contributed by atoms with van der Waals surface area (Å²) >= 11 is 1.46. The van der Waals surface area contributed by atoms with Crippen molar-refractivity contribution in [3.63, 3.8) is 0 Å². The molecular formula is C20H29IN4OS. The predicted octanol–water partition coefficient (Wildman–Crippen LogP) is 3.80. The number of carbonyl (C=O) groups excluding carboxylic acids is 1. The highest BCUT2D eigenvalue weighted by molar-refractivity contribution is 14.0. The molecule has 7 heteroatoms. The summed E-state index contributed by atoms with van der Waals surface area (Å²) < 4.78 is 0. The number of aryl methyl sites for hydroxylation is 1. The number of hydrogen-bond donors (Lipinski definition) is 3. The predicted molar refractivity (Wildman–Crippen MR) is 125 cm³/mol. The van der Waals surface area contributed by atoms with Gasteiger partial charge in [-0.05, 0) is 42.3 Å². The van der Waals surface area contributed by atoms with E-state index in [1.54, 1.807) is 0 Å². The lowest BCUT2D eigenvalue weighted by molar-refractivity contribution is 0.0957. The van der Waals surface area contributed by atoms with Crippen LogP contribution in [0.2, 0.25) is 0 Å². The number of nitrogens with zero attached hydrogens (tertiary/aromatic N) is 1. The minimum atomic E-state index is -0.00301. The second-order valence-electron chi connectivity index (χ2n) is 5.83. The fraction of sp³-hybridized carbons (Fsp3) is 0.400. The fourth-order valence-corrected chi connectivity index (χ4v) is 3.19. The third kappa shape index (κ3) is 8.30. The lowest BCUT2D eigenvalue weighted by Gasteiger charge is -2.12. The van der Waals surface area contributed by atoms with Gasteiger partial charge in [0, 0.05) is 19.6 Å². The molecule has 2 rings (SSSR count). The Hall–Kier alpha value is -1.61. The molecule has 27 heavy (non-hydrogen) atoms. The van der Waals surface area contributed by atoms with Crippen LogP contribution in [0.25, 0.3) is 0 Å². The van der Waals surface area contributed by atoms with E-state index in [0.717, 1.165) is 36.8 Å². The van der Waals surface area contributed by atoms with E-state index in [0.29, 0.717) is 13.1 Å².